The van der Waals surface area contributed by atoms with Crippen molar-refractivity contribution in [1.29, 1.82) is 0 Å². The largest absolute Gasteiger partial charge is 0.378 e. The number of anilines is 3. The Hall–Kier alpha value is -3.43. The topological polar surface area (TPSA) is 88.8 Å². The highest BCUT2D eigenvalue weighted by Crippen LogP contribution is 2.28. The Morgan fingerprint density at radius 2 is 1.69 bits per heavy atom. The van der Waals surface area contributed by atoms with Crippen LogP contribution in [0.5, 0.6) is 0 Å². The standard InChI is InChI=1S/C27H31N5O3S/c1-27(2,3)19-36(33,34)23-7-4-6-20(18-23)24-8-5-9-25-29-26(30-32(24)25)28-21-10-12-22(13-11-21)31-14-16-35-17-15-31/h4-13,18H,14-17,19H2,1-3H3,(H,28,30). The van der Waals surface area contributed by atoms with Crippen LogP contribution < -0.4 is 10.2 Å². The molecule has 0 bridgehead atoms. The molecule has 1 aliphatic heterocycles. The molecule has 9 heteroatoms. The van der Waals surface area contributed by atoms with Crippen LogP contribution in [-0.4, -0.2) is 55.1 Å². The minimum atomic E-state index is -3.42. The second-order valence-corrected chi connectivity index (χ2v) is 12.2. The summed E-state index contributed by atoms with van der Waals surface area (Å²) in [5.74, 6) is 0.549. The molecule has 0 aliphatic carbocycles. The molecule has 2 aromatic carbocycles. The molecule has 4 aromatic rings. The molecule has 2 aromatic heterocycles. The second kappa shape index (κ2) is 9.55. The van der Waals surface area contributed by atoms with E-state index in [9.17, 15) is 8.42 Å². The van der Waals surface area contributed by atoms with Gasteiger partial charge in [-0.25, -0.2) is 12.9 Å². The molecule has 0 saturated carbocycles. The summed E-state index contributed by atoms with van der Waals surface area (Å²) in [5, 5.41) is 7.95. The summed E-state index contributed by atoms with van der Waals surface area (Å²) in [7, 11) is -3.42. The molecule has 3 heterocycles. The number of ether oxygens (including phenoxy) is 1. The van der Waals surface area contributed by atoms with Gasteiger partial charge in [-0.2, -0.15) is 4.98 Å². The lowest BCUT2D eigenvalue weighted by Gasteiger charge is -2.28. The van der Waals surface area contributed by atoms with Crippen LogP contribution in [0.3, 0.4) is 0 Å². The summed E-state index contributed by atoms with van der Waals surface area (Å²) in [6.45, 7) is 9.06. The van der Waals surface area contributed by atoms with E-state index in [0.29, 0.717) is 16.5 Å². The second-order valence-electron chi connectivity index (χ2n) is 10.2. The van der Waals surface area contributed by atoms with E-state index in [4.69, 9.17) is 4.74 Å². The summed E-state index contributed by atoms with van der Waals surface area (Å²) in [6.07, 6.45) is 0. The van der Waals surface area contributed by atoms with Crippen LogP contribution in [0, 0.1) is 5.41 Å². The van der Waals surface area contributed by atoms with Crippen molar-refractivity contribution in [2.75, 3.05) is 42.3 Å². The molecule has 1 aliphatic rings. The average Bonchev–Trinajstić information content (AvgIpc) is 3.26. The molecule has 36 heavy (non-hydrogen) atoms. The van der Waals surface area contributed by atoms with E-state index in [1.54, 1.807) is 22.7 Å². The fourth-order valence-electron chi connectivity index (χ4n) is 4.39. The highest BCUT2D eigenvalue weighted by atomic mass is 32.2. The SMILES string of the molecule is CC(C)(C)CS(=O)(=O)c1cccc(-c2cccc3nc(Nc4ccc(N5CCOCC5)cc4)nn23)c1. The molecule has 188 valence electrons. The third kappa shape index (κ3) is 5.37. The number of aromatic nitrogens is 3. The summed E-state index contributed by atoms with van der Waals surface area (Å²) in [4.78, 5) is 7.24. The number of hydrogen-bond acceptors (Lipinski definition) is 7. The van der Waals surface area contributed by atoms with Crippen molar-refractivity contribution >= 4 is 32.8 Å². The molecule has 0 spiro atoms. The minimum absolute atomic E-state index is 0.0787. The van der Waals surface area contributed by atoms with Gasteiger partial charge in [0.05, 0.1) is 29.6 Å². The zero-order chi connectivity index (χ0) is 25.3. The number of rotatable bonds is 6. The van der Waals surface area contributed by atoms with Crippen molar-refractivity contribution in [1.82, 2.24) is 14.6 Å². The van der Waals surface area contributed by atoms with E-state index in [-0.39, 0.29) is 11.2 Å². The molecule has 5 rings (SSSR count). The number of morpholine rings is 1. The molecule has 0 atom stereocenters. The first kappa shape index (κ1) is 24.3. The van der Waals surface area contributed by atoms with Crippen LogP contribution in [0.4, 0.5) is 17.3 Å². The van der Waals surface area contributed by atoms with Crippen LogP contribution in [0.25, 0.3) is 16.9 Å². The monoisotopic (exact) mass is 505 g/mol. The highest BCUT2D eigenvalue weighted by Gasteiger charge is 2.24. The van der Waals surface area contributed by atoms with E-state index in [1.807, 2.05) is 57.2 Å². The quantitative estimate of drug-likeness (QED) is 0.403. The van der Waals surface area contributed by atoms with Gasteiger partial charge in [0.25, 0.3) is 0 Å². The van der Waals surface area contributed by atoms with Crippen molar-refractivity contribution in [3.05, 3.63) is 66.7 Å². The minimum Gasteiger partial charge on any atom is -0.378 e. The van der Waals surface area contributed by atoms with E-state index in [2.05, 4.69) is 32.4 Å². The molecule has 0 unspecified atom stereocenters. The van der Waals surface area contributed by atoms with Crippen molar-refractivity contribution in [2.45, 2.75) is 25.7 Å². The highest BCUT2D eigenvalue weighted by molar-refractivity contribution is 7.91. The fourth-order valence-corrected chi connectivity index (χ4v) is 6.28. The summed E-state index contributed by atoms with van der Waals surface area (Å²) in [6, 6.07) is 20.9. The van der Waals surface area contributed by atoms with Gasteiger partial charge in [-0.15, -0.1) is 5.10 Å². The third-order valence-corrected chi connectivity index (χ3v) is 8.19. The number of sulfone groups is 1. The smallest absolute Gasteiger partial charge is 0.247 e. The van der Waals surface area contributed by atoms with E-state index >= 15 is 0 Å². The first-order valence-electron chi connectivity index (χ1n) is 12.1. The Balaban J connectivity index is 1.41. The zero-order valence-electron chi connectivity index (χ0n) is 20.8. The molecular formula is C27H31N5O3S. The van der Waals surface area contributed by atoms with Gasteiger partial charge in [0, 0.05) is 30.0 Å². The van der Waals surface area contributed by atoms with Crippen molar-refractivity contribution in [3.8, 4) is 11.3 Å². The maximum atomic E-state index is 13.0. The summed E-state index contributed by atoms with van der Waals surface area (Å²) in [5.41, 5.74) is 3.92. The lowest BCUT2D eigenvalue weighted by Crippen LogP contribution is -2.36. The number of benzene rings is 2. The van der Waals surface area contributed by atoms with Crippen LogP contribution >= 0.6 is 0 Å². The summed E-state index contributed by atoms with van der Waals surface area (Å²) >= 11 is 0. The van der Waals surface area contributed by atoms with Gasteiger partial charge >= 0.3 is 0 Å². The third-order valence-electron chi connectivity index (χ3n) is 5.97. The maximum absolute atomic E-state index is 13.0. The Bertz CT molecular complexity index is 1470. The number of pyridine rings is 1. The Kier molecular flexibility index (Phi) is 6.44. The van der Waals surface area contributed by atoms with Crippen LogP contribution in [0.15, 0.2) is 71.6 Å². The molecular weight excluding hydrogens is 474 g/mol. The van der Waals surface area contributed by atoms with Crippen molar-refractivity contribution < 1.29 is 13.2 Å². The van der Waals surface area contributed by atoms with Gasteiger partial charge in [-0.1, -0.05) is 39.0 Å². The molecule has 0 radical (unpaired) electrons. The van der Waals surface area contributed by atoms with Gasteiger partial charge in [-0.3, -0.25) is 0 Å². The zero-order valence-corrected chi connectivity index (χ0v) is 21.6. The first-order chi connectivity index (χ1) is 17.2. The summed E-state index contributed by atoms with van der Waals surface area (Å²) < 4.78 is 33.1. The number of nitrogens with one attached hydrogen (secondary N) is 1. The lowest BCUT2D eigenvalue weighted by molar-refractivity contribution is 0.122. The van der Waals surface area contributed by atoms with Gasteiger partial charge in [0.15, 0.2) is 15.5 Å². The van der Waals surface area contributed by atoms with Gasteiger partial charge in [0.2, 0.25) is 5.95 Å². The number of nitrogens with zero attached hydrogens (tertiary/aromatic N) is 4. The first-order valence-corrected chi connectivity index (χ1v) is 13.7. The predicted octanol–water partition coefficient (Wildman–Crippen LogP) is 4.80. The van der Waals surface area contributed by atoms with Crippen molar-refractivity contribution in [2.24, 2.45) is 5.41 Å². The Labute approximate surface area is 211 Å². The van der Waals surface area contributed by atoms with E-state index < -0.39 is 9.84 Å². The van der Waals surface area contributed by atoms with Gasteiger partial charge in [0.1, 0.15) is 0 Å². The molecule has 0 amide bonds. The molecule has 1 saturated heterocycles. The van der Waals surface area contributed by atoms with Crippen LogP contribution in [0.2, 0.25) is 0 Å². The Morgan fingerprint density at radius 1 is 0.972 bits per heavy atom. The number of fused-ring (bicyclic) bond motifs is 1. The average molecular weight is 506 g/mol. The predicted molar refractivity (Wildman–Crippen MR) is 143 cm³/mol. The molecule has 1 fully saturated rings. The number of hydrogen-bond donors (Lipinski definition) is 1. The van der Waals surface area contributed by atoms with Gasteiger partial charge < -0.3 is 15.0 Å². The maximum Gasteiger partial charge on any atom is 0.247 e. The van der Waals surface area contributed by atoms with E-state index in [1.165, 1.54) is 0 Å². The normalized spacial score (nSPS) is 14.8. The molecule has 1 N–H and O–H groups in total. The Morgan fingerprint density at radius 3 is 2.42 bits per heavy atom. The lowest BCUT2D eigenvalue weighted by atomic mass is 10.0. The molecule has 8 nitrogen and oxygen atoms in total. The fraction of sp³-hybridized carbons (Fsp3) is 0.333. The van der Waals surface area contributed by atoms with E-state index in [0.717, 1.165) is 48.9 Å². The van der Waals surface area contributed by atoms with Crippen LogP contribution in [-0.2, 0) is 14.6 Å². The van der Waals surface area contributed by atoms with Crippen molar-refractivity contribution in [3.63, 3.8) is 0 Å². The van der Waals surface area contributed by atoms with Gasteiger partial charge in [-0.05, 0) is 53.9 Å². The van der Waals surface area contributed by atoms with Crippen LogP contribution in [0.1, 0.15) is 20.8 Å².